The molecule has 0 radical (unpaired) electrons. The van der Waals surface area contributed by atoms with Crippen LogP contribution in [0.5, 0.6) is 0 Å². The summed E-state index contributed by atoms with van der Waals surface area (Å²) in [5, 5.41) is 19.3. The van der Waals surface area contributed by atoms with Crippen molar-refractivity contribution in [3.63, 3.8) is 0 Å². The molecule has 7 heteroatoms. The fourth-order valence-electron chi connectivity index (χ4n) is 2.24. The lowest BCUT2D eigenvalue weighted by Crippen LogP contribution is -2.38. The van der Waals surface area contributed by atoms with Crippen LogP contribution in [-0.4, -0.2) is 20.1 Å². The van der Waals surface area contributed by atoms with Gasteiger partial charge in [-0.25, -0.2) is 17.5 Å². The second-order valence-electron chi connectivity index (χ2n) is 5.70. The van der Waals surface area contributed by atoms with Gasteiger partial charge >= 0.3 is 0 Å². The molecular weight excluding hydrogens is 331 g/mol. The van der Waals surface area contributed by atoms with Gasteiger partial charge < -0.3 is 5.11 Å². The maximum atomic E-state index is 13.0. The third kappa shape index (κ3) is 3.97. The molecule has 1 atom stereocenters. The Morgan fingerprint density at radius 3 is 2.42 bits per heavy atom. The Morgan fingerprint density at radius 1 is 1.25 bits per heavy atom. The molecule has 0 spiro atoms. The van der Waals surface area contributed by atoms with Gasteiger partial charge in [-0.2, -0.15) is 5.26 Å². The fraction of sp³-hybridized carbons (Fsp3) is 0.235. The van der Waals surface area contributed by atoms with Crippen LogP contribution >= 0.6 is 0 Å². The van der Waals surface area contributed by atoms with Crippen molar-refractivity contribution in [1.82, 2.24) is 4.72 Å². The van der Waals surface area contributed by atoms with Crippen molar-refractivity contribution in [3.05, 3.63) is 65.0 Å². The highest BCUT2D eigenvalue weighted by molar-refractivity contribution is 7.89. The fourth-order valence-corrected chi connectivity index (χ4v) is 3.60. The maximum absolute atomic E-state index is 13.0. The number of aliphatic hydroxyl groups is 1. The van der Waals surface area contributed by atoms with Crippen molar-refractivity contribution in [1.29, 1.82) is 5.26 Å². The van der Waals surface area contributed by atoms with Gasteiger partial charge in [-0.1, -0.05) is 12.1 Å². The van der Waals surface area contributed by atoms with E-state index >= 15 is 0 Å². The molecule has 1 unspecified atom stereocenters. The van der Waals surface area contributed by atoms with E-state index in [2.05, 4.69) is 4.72 Å². The predicted molar refractivity (Wildman–Crippen MR) is 87.1 cm³/mol. The molecule has 0 fully saturated rings. The Hall–Kier alpha value is -2.27. The second-order valence-corrected chi connectivity index (χ2v) is 7.43. The summed E-state index contributed by atoms with van der Waals surface area (Å²) in [7, 11) is -3.86. The summed E-state index contributed by atoms with van der Waals surface area (Å²) < 4.78 is 40.2. The van der Waals surface area contributed by atoms with Crippen molar-refractivity contribution < 1.29 is 17.9 Å². The van der Waals surface area contributed by atoms with Gasteiger partial charge in [0.1, 0.15) is 11.4 Å². The third-order valence-corrected chi connectivity index (χ3v) is 5.23. The number of benzene rings is 2. The average Bonchev–Trinajstić information content (AvgIpc) is 2.53. The summed E-state index contributed by atoms with van der Waals surface area (Å²) >= 11 is 0. The van der Waals surface area contributed by atoms with Crippen LogP contribution in [0.15, 0.2) is 47.4 Å². The molecule has 2 aromatic rings. The van der Waals surface area contributed by atoms with E-state index in [0.717, 1.165) is 0 Å². The number of nitriles is 1. The van der Waals surface area contributed by atoms with Crippen molar-refractivity contribution in [2.75, 3.05) is 6.54 Å². The zero-order valence-corrected chi connectivity index (χ0v) is 14.1. The minimum absolute atomic E-state index is 0.0383. The zero-order chi connectivity index (χ0) is 18.0. The topological polar surface area (TPSA) is 90.2 Å². The summed E-state index contributed by atoms with van der Waals surface area (Å²) in [5.74, 6) is -0.441. The van der Waals surface area contributed by atoms with Gasteiger partial charge in [0.2, 0.25) is 10.0 Å². The van der Waals surface area contributed by atoms with E-state index in [1.54, 1.807) is 6.92 Å². The van der Waals surface area contributed by atoms with Crippen LogP contribution in [0.2, 0.25) is 0 Å². The van der Waals surface area contributed by atoms with Crippen LogP contribution in [0.1, 0.15) is 23.6 Å². The number of aryl methyl sites for hydroxylation is 1. The molecule has 2 rings (SSSR count). The Morgan fingerprint density at radius 2 is 1.88 bits per heavy atom. The molecule has 5 nitrogen and oxygen atoms in total. The number of nitrogens with one attached hydrogen (secondary N) is 1. The Kier molecular flexibility index (Phi) is 5.04. The van der Waals surface area contributed by atoms with Gasteiger partial charge in [0, 0.05) is 6.54 Å². The number of nitrogens with zero attached hydrogens (tertiary/aromatic N) is 1. The molecular formula is C17H17FN2O3S. The van der Waals surface area contributed by atoms with Gasteiger partial charge in [-0.3, -0.25) is 0 Å². The Bertz CT molecular complexity index is 885. The molecule has 0 heterocycles. The van der Waals surface area contributed by atoms with Crippen molar-refractivity contribution in [2.45, 2.75) is 24.3 Å². The largest absolute Gasteiger partial charge is 0.384 e. The van der Waals surface area contributed by atoms with Crippen LogP contribution in [0, 0.1) is 24.1 Å². The lowest BCUT2D eigenvalue weighted by molar-refractivity contribution is 0.0627. The quantitative estimate of drug-likeness (QED) is 0.867. The monoisotopic (exact) mass is 348 g/mol. The first-order chi connectivity index (χ1) is 11.2. The molecule has 0 bridgehead atoms. The standard InChI is InChI=1S/C17H17FN2O3S/c1-12-9-13(10-19)3-8-16(12)24(22,23)20-11-17(2,21)14-4-6-15(18)7-5-14/h3-9,20-21H,11H2,1-2H3. The SMILES string of the molecule is Cc1cc(C#N)ccc1S(=O)(=O)NCC(C)(O)c1ccc(F)cc1. The molecule has 0 saturated heterocycles. The number of rotatable bonds is 5. The minimum atomic E-state index is -3.86. The van der Waals surface area contributed by atoms with Crippen LogP contribution in [0.3, 0.4) is 0 Å². The molecule has 0 aromatic heterocycles. The van der Waals surface area contributed by atoms with Crippen molar-refractivity contribution >= 4 is 10.0 Å². The van der Waals surface area contributed by atoms with E-state index in [1.807, 2.05) is 6.07 Å². The van der Waals surface area contributed by atoms with Gasteiger partial charge in [0.25, 0.3) is 0 Å². The number of hydrogen-bond acceptors (Lipinski definition) is 4. The van der Waals surface area contributed by atoms with E-state index < -0.39 is 21.4 Å². The maximum Gasteiger partial charge on any atom is 0.240 e. The van der Waals surface area contributed by atoms with Crippen LogP contribution in [0.25, 0.3) is 0 Å². The number of halogens is 1. The summed E-state index contributed by atoms with van der Waals surface area (Å²) in [6.07, 6.45) is 0. The zero-order valence-electron chi connectivity index (χ0n) is 13.2. The summed E-state index contributed by atoms with van der Waals surface area (Å²) in [6.45, 7) is 2.75. The minimum Gasteiger partial charge on any atom is -0.384 e. The van der Waals surface area contributed by atoms with Crippen LogP contribution < -0.4 is 4.72 Å². The molecule has 2 N–H and O–H groups in total. The lowest BCUT2D eigenvalue weighted by Gasteiger charge is -2.24. The molecule has 0 aliphatic heterocycles. The normalized spacial score (nSPS) is 14.0. The van der Waals surface area contributed by atoms with Crippen molar-refractivity contribution in [2.24, 2.45) is 0 Å². The van der Waals surface area contributed by atoms with E-state index in [-0.39, 0.29) is 11.4 Å². The van der Waals surface area contributed by atoms with Gasteiger partial charge in [-0.05, 0) is 55.3 Å². The highest BCUT2D eigenvalue weighted by atomic mass is 32.2. The first kappa shape index (κ1) is 18.1. The molecule has 0 saturated carbocycles. The first-order valence-corrected chi connectivity index (χ1v) is 8.63. The lowest BCUT2D eigenvalue weighted by atomic mass is 9.96. The Labute approximate surface area is 140 Å². The molecule has 2 aromatic carbocycles. The van der Waals surface area contributed by atoms with Crippen molar-refractivity contribution in [3.8, 4) is 6.07 Å². The van der Waals surface area contributed by atoms with Gasteiger partial charge in [-0.15, -0.1) is 0 Å². The van der Waals surface area contributed by atoms with E-state index in [0.29, 0.717) is 16.7 Å². The highest BCUT2D eigenvalue weighted by Gasteiger charge is 2.27. The summed E-state index contributed by atoms with van der Waals surface area (Å²) in [4.78, 5) is 0.0383. The first-order valence-electron chi connectivity index (χ1n) is 7.14. The van der Waals surface area contributed by atoms with E-state index in [1.165, 1.54) is 49.4 Å². The number of hydrogen-bond donors (Lipinski definition) is 2. The van der Waals surface area contributed by atoms with Gasteiger partial charge in [0.15, 0.2) is 0 Å². The van der Waals surface area contributed by atoms with Gasteiger partial charge in [0.05, 0.1) is 16.5 Å². The molecule has 24 heavy (non-hydrogen) atoms. The third-order valence-electron chi connectivity index (χ3n) is 3.67. The number of sulfonamides is 1. The molecule has 0 amide bonds. The second kappa shape index (κ2) is 6.69. The smallest absolute Gasteiger partial charge is 0.240 e. The van der Waals surface area contributed by atoms with Crippen LogP contribution in [0.4, 0.5) is 4.39 Å². The Balaban J connectivity index is 2.21. The predicted octanol–water partition coefficient (Wildman–Crippen LogP) is 2.19. The van der Waals surface area contributed by atoms with E-state index in [4.69, 9.17) is 5.26 Å². The summed E-state index contributed by atoms with van der Waals surface area (Å²) in [6, 6.07) is 11.4. The van der Waals surface area contributed by atoms with E-state index in [9.17, 15) is 17.9 Å². The average molecular weight is 348 g/mol. The van der Waals surface area contributed by atoms with Crippen LogP contribution in [-0.2, 0) is 15.6 Å². The summed E-state index contributed by atoms with van der Waals surface area (Å²) in [5.41, 5.74) is -0.308. The molecule has 126 valence electrons. The highest BCUT2D eigenvalue weighted by Crippen LogP contribution is 2.22. The molecule has 0 aliphatic rings. The molecule has 0 aliphatic carbocycles.